The molecule has 2 aliphatic heterocycles. The Morgan fingerprint density at radius 2 is 2.03 bits per heavy atom. The number of carbonyl (C=O) groups excluding carboxylic acids is 1. The van der Waals surface area contributed by atoms with E-state index in [2.05, 4.69) is 15.6 Å². The molecular weight excluding hydrogens is 435 g/mol. The van der Waals surface area contributed by atoms with E-state index in [0.29, 0.717) is 32.9 Å². The van der Waals surface area contributed by atoms with E-state index in [4.69, 9.17) is 32.9 Å². The molecule has 6 nitrogen and oxygen atoms in total. The zero-order valence-corrected chi connectivity index (χ0v) is 19.0. The van der Waals surface area contributed by atoms with Crippen molar-refractivity contribution in [2.24, 2.45) is 11.8 Å². The molecule has 2 aromatic rings. The molecule has 4 rings (SSSR count). The number of nitrogens with one attached hydrogen (secondary N) is 2. The maximum absolute atomic E-state index is 12.7. The molecule has 2 aromatic heterocycles. The summed E-state index contributed by atoms with van der Waals surface area (Å²) in [5, 5.41) is 7.69. The third kappa shape index (κ3) is 5.95. The van der Waals surface area contributed by atoms with Gasteiger partial charge in [-0.3, -0.25) is 9.78 Å². The van der Waals surface area contributed by atoms with E-state index in [-0.39, 0.29) is 18.1 Å². The van der Waals surface area contributed by atoms with Crippen molar-refractivity contribution in [1.82, 2.24) is 15.3 Å². The van der Waals surface area contributed by atoms with Gasteiger partial charge in [-0.25, -0.2) is 4.98 Å². The van der Waals surface area contributed by atoms with Crippen LogP contribution >= 0.6 is 23.2 Å². The minimum absolute atomic E-state index is 0.0501. The Balaban J connectivity index is 1.49. The van der Waals surface area contributed by atoms with Crippen LogP contribution in [0.25, 0.3) is 11.3 Å². The lowest BCUT2D eigenvalue weighted by Gasteiger charge is -2.22. The number of nitrogens with zero attached hydrogens (tertiary/aromatic N) is 2. The summed E-state index contributed by atoms with van der Waals surface area (Å²) in [6.45, 7) is 4.20. The van der Waals surface area contributed by atoms with Crippen molar-refractivity contribution in [3.63, 3.8) is 0 Å². The van der Waals surface area contributed by atoms with Gasteiger partial charge in [0.05, 0.1) is 15.7 Å². The molecule has 8 heteroatoms. The van der Waals surface area contributed by atoms with Crippen LogP contribution in [0.1, 0.15) is 31.4 Å². The summed E-state index contributed by atoms with van der Waals surface area (Å²) in [5.41, 5.74) is 1.98. The molecule has 4 heterocycles. The van der Waals surface area contributed by atoms with Gasteiger partial charge >= 0.3 is 0 Å². The molecule has 0 amide bonds. The molecule has 0 aromatic carbocycles. The molecule has 2 fully saturated rings. The van der Waals surface area contributed by atoms with Gasteiger partial charge in [0, 0.05) is 56.1 Å². The van der Waals surface area contributed by atoms with Gasteiger partial charge in [-0.1, -0.05) is 23.2 Å². The molecule has 0 aliphatic carbocycles. The molecular formula is C23H28Cl2N4O2. The van der Waals surface area contributed by atoms with Crippen LogP contribution in [0.5, 0.6) is 0 Å². The Kier molecular flexibility index (Phi) is 7.77. The smallest absolute Gasteiger partial charge is 0.143 e. The van der Waals surface area contributed by atoms with Crippen LogP contribution in [0.15, 0.2) is 24.4 Å². The Morgan fingerprint density at radius 3 is 2.81 bits per heavy atom. The standard InChI is InChI=1S/C23H28Cl2N4O2/c24-19-3-4-22(28-12-15-5-8-31-9-6-15)29-23(19)18-10-17(27-14-20(18)25)11-21(30)16-2-1-7-26-13-16/h3-4,10,14-16,26H,1-2,5-9,11-13H2,(H,28,29)/t16-/m0/s1. The summed E-state index contributed by atoms with van der Waals surface area (Å²) >= 11 is 12.9. The van der Waals surface area contributed by atoms with Crippen LogP contribution in [-0.4, -0.2) is 48.6 Å². The number of ether oxygens (including phenoxy) is 1. The van der Waals surface area contributed by atoms with Gasteiger partial charge in [0.2, 0.25) is 0 Å². The van der Waals surface area contributed by atoms with Gasteiger partial charge in [-0.2, -0.15) is 0 Å². The molecule has 0 bridgehead atoms. The molecule has 0 spiro atoms. The number of halogens is 2. The van der Waals surface area contributed by atoms with Crippen LogP contribution in [0.4, 0.5) is 5.82 Å². The van der Waals surface area contributed by atoms with Crippen molar-refractivity contribution in [1.29, 1.82) is 0 Å². The van der Waals surface area contributed by atoms with Crippen LogP contribution in [-0.2, 0) is 16.0 Å². The second kappa shape index (κ2) is 10.7. The number of Topliss-reactive ketones (excluding diaryl/α,β-unsaturated/α-hetero) is 1. The Labute approximate surface area is 193 Å². The van der Waals surface area contributed by atoms with Crippen molar-refractivity contribution in [3.8, 4) is 11.3 Å². The summed E-state index contributed by atoms with van der Waals surface area (Å²) < 4.78 is 5.43. The largest absolute Gasteiger partial charge is 0.381 e. The fourth-order valence-corrected chi connectivity index (χ4v) is 4.54. The zero-order chi connectivity index (χ0) is 21.6. The summed E-state index contributed by atoms with van der Waals surface area (Å²) in [6, 6.07) is 5.54. The fraction of sp³-hybridized carbons (Fsp3) is 0.522. The lowest BCUT2D eigenvalue weighted by Crippen LogP contribution is -2.35. The highest BCUT2D eigenvalue weighted by atomic mass is 35.5. The maximum atomic E-state index is 12.7. The minimum atomic E-state index is 0.0501. The number of hydrogen-bond acceptors (Lipinski definition) is 6. The van der Waals surface area contributed by atoms with Crippen molar-refractivity contribution < 1.29 is 9.53 Å². The Morgan fingerprint density at radius 1 is 1.19 bits per heavy atom. The molecule has 2 N–H and O–H groups in total. The second-order valence-corrected chi connectivity index (χ2v) is 9.12. The number of rotatable bonds is 7. The summed E-state index contributed by atoms with van der Waals surface area (Å²) in [5.74, 6) is 1.59. The van der Waals surface area contributed by atoms with E-state index >= 15 is 0 Å². The highest BCUT2D eigenvalue weighted by Crippen LogP contribution is 2.33. The normalized spacial score (nSPS) is 19.9. The highest BCUT2D eigenvalue weighted by Gasteiger charge is 2.22. The number of piperidine rings is 1. The molecule has 2 aliphatic rings. The Hall–Kier alpha value is -1.73. The number of ketones is 1. The number of pyridine rings is 2. The summed E-state index contributed by atoms with van der Waals surface area (Å²) in [4.78, 5) is 21.8. The van der Waals surface area contributed by atoms with Crippen molar-refractivity contribution in [2.45, 2.75) is 32.1 Å². The van der Waals surface area contributed by atoms with E-state index in [1.165, 1.54) is 0 Å². The number of hydrogen-bond donors (Lipinski definition) is 2. The second-order valence-electron chi connectivity index (χ2n) is 8.31. The van der Waals surface area contributed by atoms with Crippen LogP contribution in [0, 0.1) is 11.8 Å². The van der Waals surface area contributed by atoms with Crippen molar-refractivity contribution >= 4 is 34.8 Å². The fourth-order valence-electron chi connectivity index (χ4n) is 4.14. The van der Waals surface area contributed by atoms with Gasteiger partial charge in [0.1, 0.15) is 11.6 Å². The first kappa shape index (κ1) is 22.5. The van der Waals surface area contributed by atoms with E-state index < -0.39 is 0 Å². The minimum Gasteiger partial charge on any atom is -0.381 e. The van der Waals surface area contributed by atoms with E-state index in [0.717, 1.165) is 64.3 Å². The molecule has 31 heavy (non-hydrogen) atoms. The zero-order valence-electron chi connectivity index (χ0n) is 17.5. The van der Waals surface area contributed by atoms with Gasteiger partial charge in [-0.05, 0) is 56.3 Å². The van der Waals surface area contributed by atoms with Crippen molar-refractivity contribution in [3.05, 3.63) is 40.1 Å². The highest BCUT2D eigenvalue weighted by molar-refractivity contribution is 6.36. The van der Waals surface area contributed by atoms with Gasteiger partial charge in [0.25, 0.3) is 0 Å². The lowest BCUT2D eigenvalue weighted by molar-refractivity contribution is -0.122. The number of anilines is 1. The third-order valence-electron chi connectivity index (χ3n) is 6.03. The molecule has 2 saturated heterocycles. The summed E-state index contributed by atoms with van der Waals surface area (Å²) in [6.07, 6.45) is 5.94. The average molecular weight is 463 g/mol. The molecule has 0 radical (unpaired) electrons. The number of carbonyl (C=O) groups is 1. The van der Waals surface area contributed by atoms with Crippen molar-refractivity contribution in [2.75, 3.05) is 38.2 Å². The first-order valence-electron chi connectivity index (χ1n) is 11.0. The first-order chi connectivity index (χ1) is 15.1. The number of aromatic nitrogens is 2. The van der Waals surface area contributed by atoms with Gasteiger partial charge < -0.3 is 15.4 Å². The third-order valence-corrected chi connectivity index (χ3v) is 6.64. The van der Waals surface area contributed by atoms with Crippen LogP contribution in [0.3, 0.4) is 0 Å². The maximum Gasteiger partial charge on any atom is 0.143 e. The quantitative estimate of drug-likeness (QED) is 0.634. The first-order valence-corrected chi connectivity index (χ1v) is 11.7. The topological polar surface area (TPSA) is 76.1 Å². The predicted molar refractivity (Wildman–Crippen MR) is 124 cm³/mol. The van der Waals surface area contributed by atoms with Gasteiger partial charge in [-0.15, -0.1) is 0 Å². The predicted octanol–water partition coefficient (Wildman–Crippen LogP) is 4.40. The lowest BCUT2D eigenvalue weighted by atomic mass is 9.92. The van der Waals surface area contributed by atoms with Crippen LogP contribution in [0.2, 0.25) is 10.0 Å². The van der Waals surface area contributed by atoms with E-state index in [1.54, 1.807) is 6.20 Å². The molecule has 0 unspecified atom stereocenters. The monoisotopic (exact) mass is 462 g/mol. The Bertz CT molecular complexity index is 912. The molecule has 166 valence electrons. The average Bonchev–Trinajstić information content (AvgIpc) is 2.81. The van der Waals surface area contributed by atoms with E-state index in [1.807, 2.05) is 18.2 Å². The molecule has 1 atom stereocenters. The summed E-state index contributed by atoms with van der Waals surface area (Å²) in [7, 11) is 0. The SMILES string of the molecule is O=C(Cc1cc(-c2nc(NCC3CCOCC3)ccc2Cl)c(Cl)cn1)[C@H]1CCCNC1. The van der Waals surface area contributed by atoms with Gasteiger partial charge in [0.15, 0.2) is 0 Å². The molecule has 0 saturated carbocycles. The van der Waals surface area contributed by atoms with E-state index in [9.17, 15) is 4.79 Å². The van der Waals surface area contributed by atoms with Crippen LogP contribution < -0.4 is 10.6 Å².